The van der Waals surface area contributed by atoms with Crippen molar-refractivity contribution in [1.29, 1.82) is 0 Å². The van der Waals surface area contributed by atoms with Gasteiger partial charge in [-0.2, -0.15) is 0 Å². The highest BCUT2D eigenvalue weighted by Gasteiger charge is 2.18. The zero-order valence-corrected chi connectivity index (χ0v) is 14.7. The summed E-state index contributed by atoms with van der Waals surface area (Å²) < 4.78 is 5.34. The summed E-state index contributed by atoms with van der Waals surface area (Å²) in [6, 6.07) is 10.4. The van der Waals surface area contributed by atoms with Crippen molar-refractivity contribution in [3.05, 3.63) is 48.3 Å². The molecule has 5 nitrogen and oxygen atoms in total. The lowest BCUT2D eigenvalue weighted by Crippen LogP contribution is -2.29. The van der Waals surface area contributed by atoms with Crippen LogP contribution in [0.2, 0.25) is 0 Å². The van der Waals surface area contributed by atoms with Crippen molar-refractivity contribution in [3.63, 3.8) is 0 Å². The van der Waals surface area contributed by atoms with E-state index in [0.29, 0.717) is 0 Å². The quantitative estimate of drug-likeness (QED) is 0.856. The lowest BCUT2D eigenvalue weighted by molar-refractivity contribution is 0.414. The van der Waals surface area contributed by atoms with E-state index in [0.717, 1.165) is 50.0 Å². The average Bonchev–Trinajstić information content (AvgIpc) is 3.23. The van der Waals surface area contributed by atoms with Gasteiger partial charge in [-0.3, -0.25) is 0 Å². The van der Waals surface area contributed by atoms with Gasteiger partial charge in [-0.15, -0.1) is 0 Å². The predicted molar refractivity (Wildman–Crippen MR) is 101 cm³/mol. The normalized spacial score (nSPS) is 17.6. The highest BCUT2D eigenvalue weighted by molar-refractivity contribution is 5.69. The molecule has 0 amide bonds. The number of anilines is 2. The number of aromatic nitrogens is 2. The van der Waals surface area contributed by atoms with Gasteiger partial charge < -0.3 is 14.5 Å². The maximum absolute atomic E-state index is 5.34. The summed E-state index contributed by atoms with van der Waals surface area (Å²) in [5.41, 5.74) is 2.63. The molecular formula is C20H24N4O. The molecule has 0 N–H and O–H groups in total. The number of ether oxygens (including phenoxy) is 1. The van der Waals surface area contributed by atoms with E-state index < -0.39 is 0 Å². The van der Waals surface area contributed by atoms with Gasteiger partial charge in [0.1, 0.15) is 23.7 Å². The van der Waals surface area contributed by atoms with E-state index in [9.17, 15) is 0 Å². The van der Waals surface area contributed by atoms with Gasteiger partial charge in [0.2, 0.25) is 0 Å². The molecule has 2 aliphatic rings. The Morgan fingerprint density at radius 1 is 0.960 bits per heavy atom. The fourth-order valence-corrected chi connectivity index (χ4v) is 3.59. The second-order valence-corrected chi connectivity index (χ2v) is 6.59. The van der Waals surface area contributed by atoms with Crippen molar-refractivity contribution in [2.45, 2.75) is 19.3 Å². The minimum absolute atomic E-state index is 0.878. The first-order valence-corrected chi connectivity index (χ1v) is 8.99. The minimum atomic E-state index is 0.878. The number of hydrogen-bond donors (Lipinski definition) is 0. The van der Waals surface area contributed by atoms with Crippen LogP contribution in [0.1, 0.15) is 24.8 Å². The Morgan fingerprint density at radius 2 is 1.76 bits per heavy atom. The third-order valence-electron chi connectivity index (χ3n) is 5.04. The van der Waals surface area contributed by atoms with Crippen LogP contribution in [0.5, 0.6) is 5.75 Å². The molecule has 2 aromatic rings. The number of nitrogens with zero attached hydrogens (tertiary/aromatic N) is 4. The molecule has 0 atom stereocenters. The molecule has 1 aromatic carbocycles. The van der Waals surface area contributed by atoms with Crippen molar-refractivity contribution >= 4 is 17.2 Å². The van der Waals surface area contributed by atoms with E-state index in [1.807, 2.05) is 12.1 Å². The van der Waals surface area contributed by atoms with Crippen molar-refractivity contribution < 1.29 is 4.74 Å². The summed E-state index contributed by atoms with van der Waals surface area (Å²) in [5, 5.41) is 0. The van der Waals surface area contributed by atoms with Gasteiger partial charge in [-0.1, -0.05) is 18.2 Å². The van der Waals surface area contributed by atoms with Gasteiger partial charge in [-0.05, 0) is 42.5 Å². The van der Waals surface area contributed by atoms with Gasteiger partial charge >= 0.3 is 0 Å². The van der Waals surface area contributed by atoms with Gasteiger partial charge in [0.15, 0.2) is 0 Å². The lowest BCUT2D eigenvalue weighted by atomic mass is 9.99. The zero-order valence-electron chi connectivity index (χ0n) is 14.7. The van der Waals surface area contributed by atoms with Gasteiger partial charge in [-0.25, -0.2) is 9.97 Å². The van der Waals surface area contributed by atoms with Crippen molar-refractivity contribution in [3.8, 4) is 5.75 Å². The number of methoxy groups -OCH3 is 1. The summed E-state index contributed by atoms with van der Waals surface area (Å²) in [4.78, 5) is 13.6. The fourth-order valence-electron chi connectivity index (χ4n) is 3.59. The molecule has 0 saturated carbocycles. The first-order valence-electron chi connectivity index (χ1n) is 8.99. The molecule has 0 radical (unpaired) electrons. The van der Waals surface area contributed by atoms with E-state index in [1.165, 1.54) is 24.0 Å². The Balaban J connectivity index is 1.49. The fraction of sp³-hybridized carbons (Fsp3) is 0.400. The maximum Gasteiger partial charge on any atom is 0.134 e. The molecule has 5 heteroatoms. The molecule has 1 fully saturated rings. The first-order chi connectivity index (χ1) is 12.3. The molecule has 2 aliphatic heterocycles. The van der Waals surface area contributed by atoms with Gasteiger partial charge in [0.25, 0.3) is 0 Å². The Bertz CT molecular complexity index is 768. The molecule has 0 aliphatic carbocycles. The Kier molecular flexibility index (Phi) is 4.55. The van der Waals surface area contributed by atoms with E-state index in [-0.39, 0.29) is 0 Å². The predicted octanol–water partition coefficient (Wildman–Crippen LogP) is 3.38. The van der Waals surface area contributed by atoms with E-state index in [2.05, 4.69) is 44.0 Å². The van der Waals surface area contributed by atoms with E-state index >= 15 is 0 Å². The summed E-state index contributed by atoms with van der Waals surface area (Å²) in [5.74, 6) is 3.00. The molecular weight excluding hydrogens is 312 g/mol. The summed E-state index contributed by atoms with van der Waals surface area (Å²) >= 11 is 0. The van der Waals surface area contributed by atoms with Crippen LogP contribution in [0.25, 0.3) is 5.57 Å². The van der Waals surface area contributed by atoms with Crippen molar-refractivity contribution in [2.75, 3.05) is 43.1 Å². The summed E-state index contributed by atoms with van der Waals surface area (Å²) in [7, 11) is 1.71. The maximum atomic E-state index is 5.34. The number of benzene rings is 1. The smallest absolute Gasteiger partial charge is 0.134 e. The second kappa shape index (κ2) is 7.13. The van der Waals surface area contributed by atoms with Crippen LogP contribution in [0.3, 0.4) is 0 Å². The number of rotatable bonds is 4. The lowest BCUT2D eigenvalue weighted by Gasteiger charge is -2.28. The topological polar surface area (TPSA) is 41.5 Å². The Morgan fingerprint density at radius 3 is 2.48 bits per heavy atom. The second-order valence-electron chi connectivity index (χ2n) is 6.59. The zero-order chi connectivity index (χ0) is 17.1. The van der Waals surface area contributed by atoms with Gasteiger partial charge in [0, 0.05) is 32.2 Å². The molecule has 1 saturated heterocycles. The third kappa shape index (κ3) is 3.45. The molecule has 25 heavy (non-hydrogen) atoms. The Labute approximate surface area is 149 Å². The van der Waals surface area contributed by atoms with Crippen LogP contribution in [0, 0.1) is 0 Å². The number of hydrogen-bond acceptors (Lipinski definition) is 5. The molecule has 4 rings (SSSR count). The summed E-state index contributed by atoms with van der Waals surface area (Å²) in [6.07, 6.45) is 7.53. The molecule has 0 spiro atoms. The summed E-state index contributed by atoms with van der Waals surface area (Å²) in [6.45, 7) is 4.06. The molecule has 0 unspecified atom stereocenters. The standard InChI is InChI=1S/C20H24N4O/c1-25-18-6-4-5-17(13-18)16-7-11-24(12-8-16)20-14-19(21-15-22-20)23-9-2-3-10-23/h4-7,13-15H,2-3,8-12H2,1H3. The third-order valence-corrected chi connectivity index (χ3v) is 5.04. The van der Waals surface area contributed by atoms with Crippen molar-refractivity contribution in [2.24, 2.45) is 0 Å². The average molecular weight is 336 g/mol. The highest BCUT2D eigenvalue weighted by atomic mass is 16.5. The van der Waals surface area contributed by atoms with Gasteiger partial charge in [0.05, 0.1) is 7.11 Å². The van der Waals surface area contributed by atoms with Crippen LogP contribution in [0.15, 0.2) is 42.7 Å². The molecule has 0 bridgehead atoms. The molecule has 3 heterocycles. The first kappa shape index (κ1) is 15.9. The SMILES string of the molecule is COc1cccc(C2=CCN(c3cc(N4CCCC4)ncn3)CC2)c1. The van der Waals surface area contributed by atoms with Crippen LogP contribution in [-0.4, -0.2) is 43.3 Å². The van der Waals surface area contributed by atoms with Crippen LogP contribution in [-0.2, 0) is 0 Å². The Hall–Kier alpha value is -2.56. The van der Waals surface area contributed by atoms with Crippen LogP contribution in [0.4, 0.5) is 11.6 Å². The largest absolute Gasteiger partial charge is 0.497 e. The van der Waals surface area contributed by atoms with Crippen molar-refractivity contribution in [1.82, 2.24) is 9.97 Å². The molecule has 130 valence electrons. The van der Waals surface area contributed by atoms with Crippen LogP contribution < -0.4 is 14.5 Å². The minimum Gasteiger partial charge on any atom is -0.497 e. The van der Waals surface area contributed by atoms with E-state index in [4.69, 9.17) is 4.74 Å². The monoisotopic (exact) mass is 336 g/mol. The van der Waals surface area contributed by atoms with E-state index in [1.54, 1.807) is 13.4 Å². The highest BCUT2D eigenvalue weighted by Crippen LogP contribution is 2.28. The molecule has 1 aromatic heterocycles. The van der Waals surface area contributed by atoms with Crippen LogP contribution >= 0.6 is 0 Å².